The number of carbonyl (C=O) groups excluding carboxylic acids is 1. The van der Waals surface area contributed by atoms with E-state index < -0.39 is 5.25 Å². The van der Waals surface area contributed by atoms with Gasteiger partial charge < -0.3 is 9.32 Å². The number of thioether (sulfide) groups is 1. The van der Waals surface area contributed by atoms with Crippen LogP contribution in [0.15, 0.2) is 70.3 Å². The summed E-state index contributed by atoms with van der Waals surface area (Å²) in [6.07, 6.45) is 0.575. The molecule has 25 heavy (non-hydrogen) atoms. The van der Waals surface area contributed by atoms with Gasteiger partial charge in [0.15, 0.2) is 0 Å². The highest BCUT2D eigenvalue weighted by Gasteiger charge is 2.26. The van der Waals surface area contributed by atoms with Crippen LogP contribution in [0, 0.1) is 0 Å². The van der Waals surface area contributed by atoms with Crippen molar-refractivity contribution in [3.63, 3.8) is 0 Å². The molecule has 0 saturated heterocycles. The Bertz CT molecular complexity index is 819. The number of likely N-dealkylation sites (N-methyl/N-ethyl adjacent to an activating group) is 1. The largest absolute Gasteiger partial charge is 0.416 e. The molecule has 0 saturated carbocycles. The van der Waals surface area contributed by atoms with Crippen molar-refractivity contribution in [3.05, 3.63) is 77.7 Å². The summed E-state index contributed by atoms with van der Waals surface area (Å²) in [5, 5.41) is 8.18. The smallest absolute Gasteiger partial charge is 0.277 e. The van der Waals surface area contributed by atoms with Gasteiger partial charge in [0.1, 0.15) is 5.25 Å². The van der Waals surface area contributed by atoms with Crippen LogP contribution in [0.2, 0.25) is 0 Å². The van der Waals surface area contributed by atoms with Gasteiger partial charge in [-0.05, 0) is 22.9 Å². The summed E-state index contributed by atoms with van der Waals surface area (Å²) in [7, 11) is 3.49. The van der Waals surface area contributed by atoms with Crippen molar-refractivity contribution in [1.82, 2.24) is 15.1 Å². The molecule has 0 aliphatic heterocycles. The van der Waals surface area contributed by atoms with Crippen LogP contribution in [-0.4, -0.2) is 35.1 Å². The molecule has 0 spiro atoms. The second-order valence-corrected chi connectivity index (χ2v) is 6.82. The van der Waals surface area contributed by atoms with Crippen LogP contribution in [0.1, 0.15) is 22.3 Å². The van der Waals surface area contributed by atoms with E-state index in [1.807, 2.05) is 60.7 Å². The Labute approximate surface area is 151 Å². The number of rotatable bonds is 6. The van der Waals surface area contributed by atoms with Gasteiger partial charge in [-0.25, -0.2) is 0 Å². The Kier molecular flexibility index (Phi) is 5.50. The fourth-order valence-corrected chi connectivity index (χ4v) is 3.39. The SMILES string of the molecule is CN(C)C(=O)[C@@H](Sc1nnc(Cc2ccccc2)o1)c1ccccc1. The molecule has 0 fully saturated rings. The quantitative estimate of drug-likeness (QED) is 0.634. The van der Waals surface area contributed by atoms with Gasteiger partial charge in [-0.1, -0.05) is 60.7 Å². The summed E-state index contributed by atoms with van der Waals surface area (Å²) in [6, 6.07) is 19.6. The maximum Gasteiger partial charge on any atom is 0.277 e. The van der Waals surface area contributed by atoms with Crippen LogP contribution in [0.25, 0.3) is 0 Å². The highest BCUT2D eigenvalue weighted by molar-refractivity contribution is 8.00. The van der Waals surface area contributed by atoms with Gasteiger partial charge >= 0.3 is 0 Å². The van der Waals surface area contributed by atoms with Crippen molar-refractivity contribution in [2.75, 3.05) is 14.1 Å². The van der Waals surface area contributed by atoms with Gasteiger partial charge in [0.25, 0.3) is 5.22 Å². The third-order valence-corrected chi connectivity index (χ3v) is 4.71. The monoisotopic (exact) mass is 353 g/mol. The molecule has 1 aromatic heterocycles. The molecule has 5 nitrogen and oxygen atoms in total. The first-order chi connectivity index (χ1) is 12.1. The van der Waals surface area contributed by atoms with Gasteiger partial charge in [-0.15, -0.1) is 10.2 Å². The summed E-state index contributed by atoms with van der Waals surface area (Å²) in [5.41, 5.74) is 2.01. The van der Waals surface area contributed by atoms with E-state index in [1.54, 1.807) is 19.0 Å². The molecule has 0 radical (unpaired) electrons. The molecule has 3 aromatic rings. The normalized spacial score (nSPS) is 11.9. The van der Waals surface area contributed by atoms with Crippen LogP contribution < -0.4 is 0 Å². The number of hydrogen-bond donors (Lipinski definition) is 0. The summed E-state index contributed by atoms with van der Waals surface area (Å²) in [5.74, 6) is 0.525. The van der Waals surface area contributed by atoms with E-state index in [2.05, 4.69) is 10.2 Å². The topological polar surface area (TPSA) is 59.2 Å². The molecule has 1 amide bonds. The van der Waals surface area contributed by atoms with Crippen LogP contribution in [0.4, 0.5) is 0 Å². The average Bonchev–Trinajstić information content (AvgIpc) is 3.07. The molecule has 128 valence electrons. The van der Waals surface area contributed by atoms with Crippen molar-refractivity contribution in [2.24, 2.45) is 0 Å². The maximum absolute atomic E-state index is 12.6. The van der Waals surface area contributed by atoms with Crippen LogP contribution in [0.3, 0.4) is 0 Å². The second kappa shape index (κ2) is 7.98. The molecule has 0 aliphatic carbocycles. The first-order valence-electron chi connectivity index (χ1n) is 7.92. The summed E-state index contributed by atoms with van der Waals surface area (Å²) in [4.78, 5) is 14.1. The first-order valence-corrected chi connectivity index (χ1v) is 8.80. The predicted molar refractivity (Wildman–Crippen MR) is 97.3 cm³/mol. The van der Waals surface area contributed by atoms with Crippen LogP contribution in [0.5, 0.6) is 0 Å². The predicted octanol–water partition coefficient (Wildman–Crippen LogP) is 3.58. The van der Waals surface area contributed by atoms with Crippen molar-refractivity contribution >= 4 is 17.7 Å². The lowest BCUT2D eigenvalue weighted by Gasteiger charge is -2.18. The zero-order valence-corrected chi connectivity index (χ0v) is 14.9. The highest BCUT2D eigenvalue weighted by atomic mass is 32.2. The minimum absolute atomic E-state index is 0.0148. The molecule has 2 aromatic carbocycles. The van der Waals surface area contributed by atoms with Crippen LogP contribution in [-0.2, 0) is 11.2 Å². The van der Waals surface area contributed by atoms with E-state index >= 15 is 0 Å². The van der Waals surface area contributed by atoms with E-state index in [-0.39, 0.29) is 5.91 Å². The van der Waals surface area contributed by atoms with Crippen molar-refractivity contribution in [2.45, 2.75) is 16.9 Å². The lowest BCUT2D eigenvalue weighted by molar-refractivity contribution is -0.128. The summed E-state index contributed by atoms with van der Waals surface area (Å²) >= 11 is 1.28. The molecule has 6 heteroatoms. The molecule has 0 aliphatic rings. The third-order valence-electron chi connectivity index (χ3n) is 3.63. The zero-order valence-electron chi connectivity index (χ0n) is 14.1. The van der Waals surface area contributed by atoms with Crippen molar-refractivity contribution in [3.8, 4) is 0 Å². The Morgan fingerprint density at radius 3 is 2.32 bits per heavy atom. The molecule has 3 rings (SSSR count). The minimum Gasteiger partial charge on any atom is -0.416 e. The second-order valence-electron chi connectivity index (χ2n) is 5.77. The first kappa shape index (κ1) is 17.2. The average molecular weight is 353 g/mol. The maximum atomic E-state index is 12.6. The lowest BCUT2D eigenvalue weighted by atomic mass is 10.1. The van der Waals surface area contributed by atoms with Crippen LogP contribution >= 0.6 is 11.8 Å². The summed E-state index contributed by atoms with van der Waals surface area (Å²) < 4.78 is 5.74. The minimum atomic E-state index is -0.416. The Balaban J connectivity index is 1.77. The zero-order chi connectivity index (χ0) is 17.6. The number of hydrogen-bond acceptors (Lipinski definition) is 5. The van der Waals surface area contributed by atoms with Gasteiger partial charge in [0, 0.05) is 14.1 Å². The Morgan fingerprint density at radius 1 is 1.04 bits per heavy atom. The number of aromatic nitrogens is 2. The van der Waals surface area contributed by atoms with Crippen molar-refractivity contribution < 1.29 is 9.21 Å². The molecular formula is C19H19N3O2S. The molecule has 0 N–H and O–H groups in total. The number of nitrogens with zero attached hydrogens (tertiary/aromatic N) is 3. The van der Waals surface area contributed by atoms with E-state index in [1.165, 1.54) is 11.8 Å². The van der Waals surface area contributed by atoms with E-state index in [0.29, 0.717) is 17.5 Å². The molecule has 1 heterocycles. The van der Waals surface area contributed by atoms with Crippen molar-refractivity contribution in [1.29, 1.82) is 0 Å². The van der Waals surface area contributed by atoms with E-state index in [4.69, 9.17) is 4.42 Å². The molecular weight excluding hydrogens is 334 g/mol. The van der Waals surface area contributed by atoms with E-state index in [0.717, 1.165) is 11.1 Å². The Hall–Kier alpha value is -2.60. The van der Waals surface area contributed by atoms with E-state index in [9.17, 15) is 4.79 Å². The Morgan fingerprint density at radius 2 is 1.68 bits per heavy atom. The lowest BCUT2D eigenvalue weighted by Crippen LogP contribution is -2.26. The van der Waals surface area contributed by atoms with Gasteiger partial charge in [-0.3, -0.25) is 4.79 Å². The summed E-state index contributed by atoms with van der Waals surface area (Å²) in [6.45, 7) is 0. The fourth-order valence-electron chi connectivity index (χ4n) is 2.35. The molecule has 1 atom stereocenters. The number of amides is 1. The third kappa shape index (κ3) is 4.48. The van der Waals surface area contributed by atoms with Gasteiger partial charge in [0.05, 0.1) is 6.42 Å². The number of benzene rings is 2. The number of carbonyl (C=O) groups is 1. The fraction of sp³-hybridized carbons (Fsp3) is 0.211. The highest BCUT2D eigenvalue weighted by Crippen LogP contribution is 2.35. The molecule has 0 unspecified atom stereocenters. The standard InChI is InChI=1S/C19H19N3O2S/c1-22(2)18(23)17(15-11-7-4-8-12-15)25-19-21-20-16(24-19)13-14-9-5-3-6-10-14/h3-12,17H,13H2,1-2H3/t17-/m0/s1. The molecule has 0 bridgehead atoms. The van der Waals surface area contributed by atoms with Gasteiger partial charge in [-0.2, -0.15) is 0 Å². The van der Waals surface area contributed by atoms with Gasteiger partial charge in [0.2, 0.25) is 11.8 Å².